The Bertz CT molecular complexity index is 1760. The molecule has 0 fully saturated rings. The molecule has 0 N–H and O–H groups in total. The maximum absolute atomic E-state index is 10.7. The molecule has 0 saturated heterocycles. The van der Waals surface area contributed by atoms with E-state index in [-0.39, 0.29) is 0 Å². The lowest BCUT2D eigenvalue weighted by Gasteiger charge is -2.11. The number of alkyl halides is 3. The second kappa shape index (κ2) is 10.1. The summed E-state index contributed by atoms with van der Waals surface area (Å²) in [5.74, 6) is 0. The van der Waals surface area contributed by atoms with E-state index in [2.05, 4.69) is 127 Å². The highest BCUT2D eigenvalue weighted by Gasteiger charge is 2.36. The van der Waals surface area contributed by atoms with Gasteiger partial charge in [-0.15, -0.1) is 9.20 Å². The summed E-state index contributed by atoms with van der Waals surface area (Å²) in [5, 5.41) is 2.54. The fourth-order valence-electron chi connectivity index (χ4n) is 4.29. The Morgan fingerprint density at radius 3 is 2.08 bits per heavy atom. The fourth-order valence-corrected chi connectivity index (χ4v) is 4.29. The van der Waals surface area contributed by atoms with Gasteiger partial charge < -0.3 is 9.45 Å². The van der Waals surface area contributed by atoms with Crippen LogP contribution in [0.5, 0.6) is 0 Å². The Balaban J connectivity index is 0.000000368. The summed E-state index contributed by atoms with van der Waals surface area (Å²) in [6, 6.07) is 28.4. The third kappa shape index (κ3) is 5.36. The van der Waals surface area contributed by atoms with Crippen molar-refractivity contribution in [2.45, 2.75) is 12.4 Å². The summed E-state index contributed by atoms with van der Waals surface area (Å²) in [5.41, 5.74) is 2.96. The molecule has 198 valence electrons. The summed E-state index contributed by atoms with van der Waals surface area (Å²) < 4.78 is 63.5. The van der Waals surface area contributed by atoms with E-state index in [9.17, 15) is 13.2 Å². The normalized spacial score (nSPS) is 12.6. The van der Waals surface area contributed by atoms with Crippen LogP contribution >= 0.6 is 0 Å². The highest BCUT2D eigenvalue weighted by atomic mass is 32.2. The van der Waals surface area contributed by atoms with Crippen molar-refractivity contribution < 1.29 is 30.8 Å². The molecule has 0 aliphatic carbocycles. The molecule has 0 bridgehead atoms. The zero-order chi connectivity index (χ0) is 27.8. The molecule has 0 amide bonds. The molecule has 0 atom stereocenters. The number of nitrogens with zero attached hydrogens (tertiary/aromatic N) is 3. The van der Waals surface area contributed by atoms with Gasteiger partial charge in [0.25, 0.3) is 0 Å². The first-order valence-electron chi connectivity index (χ1n) is 11.6. The minimum absolute atomic E-state index is 1.21. The third-order valence-corrected chi connectivity index (χ3v) is 6.74. The first-order valence-corrected chi connectivity index (χ1v) is 13.0. The van der Waals surface area contributed by atoms with E-state index in [1.165, 1.54) is 49.7 Å². The summed E-state index contributed by atoms with van der Waals surface area (Å²) in [7, 11) is 0.196. The summed E-state index contributed by atoms with van der Waals surface area (Å²) >= 11 is 0. The molecule has 6 nitrogen and oxygen atoms in total. The molecule has 0 spiro atoms. The lowest BCUT2D eigenvalue weighted by atomic mass is 10.1. The van der Waals surface area contributed by atoms with Crippen molar-refractivity contribution in [1.82, 2.24) is 4.52 Å². The number of benzene rings is 3. The third-order valence-electron chi connectivity index (χ3n) is 6.17. The van der Waals surface area contributed by atoms with Gasteiger partial charge in [-0.1, -0.05) is 42.5 Å². The molecule has 10 heteroatoms. The molecule has 0 saturated carbocycles. The predicted molar refractivity (Wildman–Crippen MR) is 142 cm³/mol. The molecule has 5 rings (SSSR count). The number of halogens is 3. The van der Waals surface area contributed by atoms with Crippen molar-refractivity contribution in [2.75, 3.05) is 19.0 Å². The van der Waals surface area contributed by atoms with Gasteiger partial charge in [-0.3, -0.25) is 0 Å². The van der Waals surface area contributed by atoms with E-state index in [1.807, 2.05) is 0 Å². The average Bonchev–Trinajstić information content (AvgIpc) is 3.34. The minimum atomic E-state index is -6.09. The highest BCUT2D eigenvalue weighted by Crippen LogP contribution is 2.23. The Morgan fingerprint density at radius 1 is 0.921 bits per heavy atom. The number of hydrogen-bond acceptors (Lipinski definition) is 4. The van der Waals surface area contributed by atoms with Crippen LogP contribution < -0.4 is 14.8 Å². The van der Waals surface area contributed by atoms with Crippen molar-refractivity contribution in [2.24, 2.45) is 7.05 Å². The molecule has 38 heavy (non-hydrogen) atoms. The molecule has 0 aliphatic rings. The van der Waals surface area contributed by atoms with Crippen LogP contribution in [0, 0.1) is 6.92 Å². The van der Waals surface area contributed by atoms with E-state index < -0.39 is 15.6 Å². The Labute approximate surface area is 218 Å². The number of aromatic nitrogens is 2. The van der Waals surface area contributed by atoms with E-state index in [0.717, 1.165) is 0 Å². The van der Waals surface area contributed by atoms with E-state index in [0.29, 0.717) is 0 Å². The van der Waals surface area contributed by atoms with Crippen molar-refractivity contribution in [3.05, 3.63) is 95.2 Å². The van der Waals surface area contributed by atoms with E-state index >= 15 is 0 Å². The van der Waals surface area contributed by atoms with Crippen LogP contribution in [-0.2, 0) is 17.2 Å². The summed E-state index contributed by atoms with van der Waals surface area (Å²) in [6.07, 6.45) is 2.31. The second-order valence-electron chi connectivity index (χ2n) is 9.08. The molecular weight excluding hydrogens is 515 g/mol. The Hall–Kier alpha value is -3.89. The SMILES string of the molecule is Cc1ccc2/c(=C/c3ccc(N(C)C)cc3)c3cc(-c4ccccc4)[n+](C)n3c2c1.O=S(=O)([O-])C(F)(F)F. The molecule has 2 heterocycles. The maximum Gasteiger partial charge on any atom is 0.485 e. The predicted octanol–water partition coefficient (Wildman–Crippen LogP) is 4.56. The lowest BCUT2D eigenvalue weighted by molar-refractivity contribution is -0.725. The number of fused-ring (bicyclic) bond motifs is 3. The molecule has 0 aliphatic heterocycles. The highest BCUT2D eigenvalue weighted by molar-refractivity contribution is 7.86. The average molecular weight is 542 g/mol. The molecule has 2 aromatic heterocycles. The van der Waals surface area contributed by atoms with Crippen molar-refractivity contribution >= 4 is 38.3 Å². The molecular formula is C28H26F3N3O3S. The standard InChI is InChI=1S/C27H26N3.CHF3O3S/c1-19-10-15-23-24(17-20-11-13-22(14-12-20)28(2)3)27-18-25(21-8-6-5-7-9-21)29(4)30(27)26(23)16-19;2-1(3,4)8(5,6)7/h5-18H,1-4H3;(H,5,6,7)/q+1;/p-1. The quantitative estimate of drug-likeness (QED) is 0.191. The Morgan fingerprint density at radius 2 is 1.53 bits per heavy atom. The maximum atomic E-state index is 10.7. The number of rotatable bonds is 3. The number of hydrogen-bond donors (Lipinski definition) is 0. The van der Waals surface area contributed by atoms with Crippen LogP contribution in [0.2, 0.25) is 0 Å². The van der Waals surface area contributed by atoms with E-state index in [4.69, 9.17) is 13.0 Å². The van der Waals surface area contributed by atoms with Crippen LogP contribution in [0.1, 0.15) is 11.1 Å². The van der Waals surface area contributed by atoms with Gasteiger partial charge in [0.1, 0.15) is 11.0 Å². The van der Waals surface area contributed by atoms with Crippen molar-refractivity contribution in [3.8, 4) is 11.3 Å². The zero-order valence-electron chi connectivity index (χ0n) is 21.2. The van der Waals surface area contributed by atoms with Crippen LogP contribution in [-0.4, -0.2) is 37.1 Å². The van der Waals surface area contributed by atoms with Gasteiger partial charge in [-0.05, 0) is 54.5 Å². The van der Waals surface area contributed by atoms with Gasteiger partial charge in [-0.25, -0.2) is 8.42 Å². The zero-order valence-corrected chi connectivity index (χ0v) is 22.0. The first kappa shape index (κ1) is 27.2. The van der Waals surface area contributed by atoms with Crippen molar-refractivity contribution in [1.29, 1.82) is 0 Å². The topological polar surface area (TPSA) is 68.7 Å². The smallest absolute Gasteiger partial charge is 0.485 e. The minimum Gasteiger partial charge on any atom is -0.741 e. The van der Waals surface area contributed by atoms with Crippen LogP contribution in [0.4, 0.5) is 18.9 Å². The first-order chi connectivity index (χ1) is 17.8. The molecule has 3 aromatic carbocycles. The van der Waals surface area contributed by atoms with Gasteiger partial charge in [0.05, 0.1) is 0 Å². The monoisotopic (exact) mass is 541 g/mol. The summed E-state index contributed by atoms with van der Waals surface area (Å²) in [4.78, 5) is 2.13. The fraction of sp³-hybridized carbons (Fsp3) is 0.179. The molecule has 0 unspecified atom stereocenters. The van der Waals surface area contributed by atoms with Gasteiger partial charge in [0.15, 0.2) is 17.2 Å². The number of aryl methyl sites for hydroxylation is 2. The van der Waals surface area contributed by atoms with Gasteiger partial charge >= 0.3 is 5.51 Å². The Kier molecular flexibility index (Phi) is 7.22. The second-order valence-corrected chi connectivity index (χ2v) is 10.5. The van der Waals surface area contributed by atoms with Crippen LogP contribution in [0.25, 0.3) is 33.8 Å². The van der Waals surface area contributed by atoms with E-state index in [1.54, 1.807) is 0 Å². The van der Waals surface area contributed by atoms with Crippen molar-refractivity contribution in [3.63, 3.8) is 0 Å². The summed E-state index contributed by atoms with van der Waals surface area (Å²) in [6.45, 7) is 2.16. The lowest BCUT2D eigenvalue weighted by Crippen LogP contribution is -2.36. The molecule has 0 radical (unpaired) electrons. The largest absolute Gasteiger partial charge is 0.741 e. The number of anilines is 1. The van der Waals surface area contributed by atoms with Crippen LogP contribution in [0.3, 0.4) is 0 Å². The van der Waals surface area contributed by atoms with Gasteiger partial charge in [0.2, 0.25) is 5.69 Å². The molecule has 5 aromatic rings. The van der Waals surface area contributed by atoms with Crippen LogP contribution in [0.15, 0.2) is 78.9 Å². The van der Waals surface area contributed by atoms with Gasteiger partial charge in [0, 0.05) is 42.0 Å². The van der Waals surface area contributed by atoms with Gasteiger partial charge in [-0.2, -0.15) is 13.2 Å².